The minimum absolute atomic E-state index is 0.0204. The summed E-state index contributed by atoms with van der Waals surface area (Å²) in [7, 11) is -3.08. The van der Waals surface area contributed by atoms with Gasteiger partial charge in [0, 0.05) is 19.1 Å². The zero-order valence-corrected chi connectivity index (χ0v) is 10.3. The van der Waals surface area contributed by atoms with E-state index in [1.807, 2.05) is 0 Å². The minimum Gasteiger partial charge on any atom is -0.352 e. The van der Waals surface area contributed by atoms with Crippen molar-refractivity contribution in [2.75, 3.05) is 25.4 Å². The van der Waals surface area contributed by atoms with Crippen molar-refractivity contribution in [1.29, 1.82) is 0 Å². The highest BCUT2D eigenvalue weighted by Gasteiger charge is 2.26. The lowest BCUT2D eigenvalue weighted by molar-refractivity contribution is -0.120. The van der Waals surface area contributed by atoms with E-state index in [0.717, 1.165) is 0 Å². The van der Waals surface area contributed by atoms with Crippen molar-refractivity contribution in [1.82, 2.24) is 9.62 Å². The third-order valence-corrected chi connectivity index (χ3v) is 4.64. The maximum atomic E-state index is 11.6. The molecule has 0 aromatic carbocycles. The van der Waals surface area contributed by atoms with Crippen LogP contribution in [0.3, 0.4) is 0 Å². The van der Waals surface area contributed by atoms with Gasteiger partial charge in [-0.1, -0.05) is 0 Å². The fourth-order valence-corrected chi connectivity index (χ4v) is 2.88. The summed E-state index contributed by atoms with van der Waals surface area (Å²) in [6.45, 7) is 2.57. The number of rotatable bonds is 4. The maximum Gasteiger partial charge on any atom is 0.233 e. The van der Waals surface area contributed by atoms with E-state index in [2.05, 4.69) is 5.32 Å². The molecule has 1 rings (SSSR count). The summed E-state index contributed by atoms with van der Waals surface area (Å²) in [5, 5.41) is 2.77. The molecule has 0 aromatic rings. The molecule has 94 valence electrons. The van der Waals surface area contributed by atoms with Gasteiger partial charge >= 0.3 is 0 Å². The molecule has 1 aliphatic heterocycles. The molecule has 1 amide bonds. The fraction of sp³-hybridized carbons (Fsp3) is 0.889. The van der Waals surface area contributed by atoms with Gasteiger partial charge in [-0.3, -0.25) is 4.79 Å². The molecule has 16 heavy (non-hydrogen) atoms. The molecule has 0 unspecified atom stereocenters. The molecule has 1 saturated heterocycles. The Morgan fingerprint density at radius 2 is 2.00 bits per heavy atom. The van der Waals surface area contributed by atoms with Gasteiger partial charge in [-0.25, -0.2) is 12.7 Å². The number of hydrogen-bond acceptors (Lipinski definition) is 4. The lowest BCUT2D eigenvalue weighted by Gasteiger charge is -2.31. The van der Waals surface area contributed by atoms with Crippen LogP contribution in [-0.2, 0) is 14.8 Å². The number of nitrogens with two attached hydrogens (primary N) is 1. The van der Waals surface area contributed by atoms with Crippen LogP contribution < -0.4 is 11.1 Å². The predicted octanol–water partition coefficient (Wildman–Crippen LogP) is -1.12. The van der Waals surface area contributed by atoms with Crippen LogP contribution in [-0.4, -0.2) is 50.1 Å². The Kier molecular flexibility index (Phi) is 4.69. The second kappa shape index (κ2) is 5.60. The molecular weight excluding hydrogens is 230 g/mol. The first-order chi connectivity index (χ1) is 7.49. The molecular formula is C9H19N3O3S. The van der Waals surface area contributed by atoms with Crippen LogP contribution in [0.4, 0.5) is 0 Å². The van der Waals surface area contributed by atoms with Gasteiger partial charge in [-0.15, -0.1) is 0 Å². The highest BCUT2D eigenvalue weighted by Crippen LogP contribution is 2.14. The average molecular weight is 249 g/mol. The van der Waals surface area contributed by atoms with Gasteiger partial charge in [0.1, 0.15) is 0 Å². The second-order valence-electron chi connectivity index (χ2n) is 3.85. The third-order valence-electron chi connectivity index (χ3n) is 2.76. The lowest BCUT2D eigenvalue weighted by Crippen LogP contribution is -2.48. The first-order valence-corrected chi connectivity index (χ1v) is 7.07. The van der Waals surface area contributed by atoms with Crippen LogP contribution in [0.25, 0.3) is 0 Å². The van der Waals surface area contributed by atoms with Crippen molar-refractivity contribution < 1.29 is 13.2 Å². The maximum absolute atomic E-state index is 11.6. The Balaban J connectivity index is 2.43. The molecule has 0 bridgehead atoms. The van der Waals surface area contributed by atoms with Gasteiger partial charge in [0.05, 0.1) is 12.3 Å². The van der Waals surface area contributed by atoms with Crippen LogP contribution in [0, 0.1) is 0 Å². The van der Waals surface area contributed by atoms with Gasteiger partial charge in [-0.2, -0.15) is 0 Å². The lowest BCUT2D eigenvalue weighted by atomic mass is 10.1. The minimum atomic E-state index is -3.08. The highest BCUT2D eigenvalue weighted by atomic mass is 32.2. The number of carbonyl (C=O) groups excluding carboxylic acids is 1. The summed E-state index contributed by atoms with van der Waals surface area (Å²) in [4.78, 5) is 11.0. The molecule has 3 N–H and O–H groups in total. The van der Waals surface area contributed by atoms with E-state index < -0.39 is 10.0 Å². The quantitative estimate of drug-likeness (QED) is 0.660. The number of piperidine rings is 1. The molecule has 0 aliphatic carbocycles. The Morgan fingerprint density at radius 1 is 1.44 bits per heavy atom. The number of hydrogen-bond donors (Lipinski definition) is 2. The fourth-order valence-electron chi connectivity index (χ4n) is 1.75. The zero-order valence-electron chi connectivity index (χ0n) is 9.48. The molecule has 0 spiro atoms. The summed E-state index contributed by atoms with van der Waals surface area (Å²) in [6, 6.07) is 0.0550. The molecule has 6 nitrogen and oxygen atoms in total. The number of nitrogens with one attached hydrogen (secondary N) is 1. The Morgan fingerprint density at radius 3 is 2.44 bits per heavy atom. The van der Waals surface area contributed by atoms with Gasteiger partial charge in [0.25, 0.3) is 0 Å². The zero-order chi connectivity index (χ0) is 12.2. The Hall–Kier alpha value is -0.660. The third kappa shape index (κ3) is 3.43. The van der Waals surface area contributed by atoms with Crippen molar-refractivity contribution in [3.8, 4) is 0 Å². The van der Waals surface area contributed by atoms with Gasteiger partial charge in [0.2, 0.25) is 15.9 Å². The summed E-state index contributed by atoms with van der Waals surface area (Å²) in [5.41, 5.74) is 5.19. The van der Waals surface area contributed by atoms with E-state index >= 15 is 0 Å². The van der Waals surface area contributed by atoms with Crippen LogP contribution in [0.15, 0.2) is 0 Å². The average Bonchev–Trinajstić information content (AvgIpc) is 2.29. The van der Waals surface area contributed by atoms with E-state index in [1.165, 1.54) is 4.31 Å². The Bertz CT molecular complexity index is 334. The summed E-state index contributed by atoms with van der Waals surface area (Å²) in [6.07, 6.45) is 1.32. The number of nitrogens with zero attached hydrogens (tertiary/aromatic N) is 1. The monoisotopic (exact) mass is 249 g/mol. The number of sulfonamides is 1. The normalized spacial score (nSPS) is 19.6. The van der Waals surface area contributed by atoms with E-state index in [0.29, 0.717) is 25.9 Å². The van der Waals surface area contributed by atoms with Crippen molar-refractivity contribution in [3.05, 3.63) is 0 Å². The number of amides is 1. The summed E-state index contributed by atoms with van der Waals surface area (Å²) < 4.78 is 24.6. The largest absolute Gasteiger partial charge is 0.352 e. The van der Waals surface area contributed by atoms with Crippen LogP contribution >= 0.6 is 0 Å². The summed E-state index contributed by atoms with van der Waals surface area (Å²) >= 11 is 0. The highest BCUT2D eigenvalue weighted by molar-refractivity contribution is 7.89. The van der Waals surface area contributed by atoms with Gasteiger partial charge in [0.15, 0.2) is 0 Å². The van der Waals surface area contributed by atoms with Crippen molar-refractivity contribution in [2.24, 2.45) is 5.73 Å². The molecule has 0 radical (unpaired) electrons. The van der Waals surface area contributed by atoms with Crippen LogP contribution in [0.1, 0.15) is 19.8 Å². The smallest absolute Gasteiger partial charge is 0.233 e. The molecule has 0 atom stereocenters. The topological polar surface area (TPSA) is 92.5 Å². The van der Waals surface area contributed by atoms with E-state index in [1.54, 1.807) is 6.92 Å². The van der Waals surface area contributed by atoms with Crippen LogP contribution in [0.2, 0.25) is 0 Å². The van der Waals surface area contributed by atoms with Gasteiger partial charge in [-0.05, 0) is 19.8 Å². The molecule has 7 heteroatoms. The van der Waals surface area contributed by atoms with E-state index in [9.17, 15) is 13.2 Å². The molecule has 1 heterocycles. The molecule has 0 aromatic heterocycles. The van der Waals surface area contributed by atoms with E-state index in [4.69, 9.17) is 5.73 Å². The number of carbonyl (C=O) groups is 1. The van der Waals surface area contributed by atoms with Crippen LogP contribution in [0.5, 0.6) is 0 Å². The predicted molar refractivity (Wildman–Crippen MR) is 61.3 cm³/mol. The van der Waals surface area contributed by atoms with Crippen molar-refractivity contribution in [3.63, 3.8) is 0 Å². The SMILES string of the molecule is CCS(=O)(=O)N1CCC(NC(=O)CN)CC1. The summed E-state index contributed by atoms with van der Waals surface area (Å²) in [5.74, 6) is -0.0517. The standard InChI is InChI=1S/C9H19N3O3S/c1-2-16(14,15)12-5-3-8(4-6-12)11-9(13)7-10/h8H,2-7,10H2,1H3,(H,11,13). The molecule has 1 aliphatic rings. The van der Waals surface area contributed by atoms with Gasteiger partial charge < -0.3 is 11.1 Å². The molecule has 1 fully saturated rings. The van der Waals surface area contributed by atoms with E-state index in [-0.39, 0.29) is 24.2 Å². The second-order valence-corrected chi connectivity index (χ2v) is 6.10. The van der Waals surface area contributed by atoms with Crippen molar-refractivity contribution >= 4 is 15.9 Å². The van der Waals surface area contributed by atoms with Crippen molar-refractivity contribution in [2.45, 2.75) is 25.8 Å². The first kappa shape index (κ1) is 13.4. The molecule has 0 saturated carbocycles. The first-order valence-electron chi connectivity index (χ1n) is 5.47. The Labute approximate surface area is 96.2 Å².